The molecule has 1 saturated carbocycles. The SMILES string of the molecule is CCCCCCCCCCCCCCCOC(=O)CN(C)C(=O)C1CC1. The molecule has 26 heavy (non-hydrogen) atoms. The van der Waals surface area contributed by atoms with Gasteiger partial charge in [-0.05, 0) is 19.3 Å². The maximum atomic E-state index is 11.8. The Morgan fingerprint density at radius 2 is 1.27 bits per heavy atom. The minimum atomic E-state index is -0.277. The van der Waals surface area contributed by atoms with Crippen LogP contribution in [0, 0.1) is 5.92 Å². The second-order valence-corrected chi connectivity index (χ2v) is 7.93. The van der Waals surface area contributed by atoms with E-state index in [9.17, 15) is 9.59 Å². The van der Waals surface area contributed by atoms with E-state index in [2.05, 4.69) is 6.92 Å². The normalized spacial score (nSPS) is 13.6. The molecule has 4 heteroatoms. The van der Waals surface area contributed by atoms with Crippen LogP contribution in [0.3, 0.4) is 0 Å². The molecule has 4 nitrogen and oxygen atoms in total. The van der Waals surface area contributed by atoms with Crippen molar-refractivity contribution < 1.29 is 14.3 Å². The van der Waals surface area contributed by atoms with Crippen LogP contribution in [0.2, 0.25) is 0 Å². The van der Waals surface area contributed by atoms with E-state index in [1.54, 1.807) is 7.05 Å². The fourth-order valence-electron chi connectivity index (χ4n) is 3.27. The second kappa shape index (κ2) is 15.0. The number of esters is 1. The van der Waals surface area contributed by atoms with Gasteiger partial charge in [-0.15, -0.1) is 0 Å². The van der Waals surface area contributed by atoms with Crippen LogP contribution in [-0.2, 0) is 14.3 Å². The summed E-state index contributed by atoms with van der Waals surface area (Å²) in [5, 5.41) is 0. The fourth-order valence-corrected chi connectivity index (χ4v) is 3.27. The zero-order valence-electron chi connectivity index (χ0n) is 17.3. The van der Waals surface area contributed by atoms with Gasteiger partial charge in [-0.25, -0.2) is 0 Å². The number of rotatable bonds is 17. The Morgan fingerprint density at radius 3 is 1.73 bits per heavy atom. The Kier molecular flexibility index (Phi) is 13.3. The average Bonchev–Trinajstić information content (AvgIpc) is 3.46. The first kappa shape index (κ1) is 23.0. The molecule has 0 unspecified atom stereocenters. The Hall–Kier alpha value is -1.06. The molecule has 0 spiro atoms. The van der Waals surface area contributed by atoms with Gasteiger partial charge in [0.2, 0.25) is 5.91 Å². The van der Waals surface area contributed by atoms with Crippen molar-refractivity contribution >= 4 is 11.9 Å². The summed E-state index contributed by atoms with van der Waals surface area (Å²) in [5.41, 5.74) is 0. The van der Waals surface area contributed by atoms with Gasteiger partial charge >= 0.3 is 5.97 Å². The van der Waals surface area contributed by atoms with Gasteiger partial charge in [0.05, 0.1) is 6.61 Å². The van der Waals surface area contributed by atoms with E-state index in [0.29, 0.717) is 6.61 Å². The third kappa shape index (κ3) is 12.3. The summed E-state index contributed by atoms with van der Waals surface area (Å²) in [6.07, 6.45) is 19.0. The van der Waals surface area contributed by atoms with Crippen LogP contribution in [0.25, 0.3) is 0 Å². The second-order valence-electron chi connectivity index (χ2n) is 7.93. The molecule has 1 rings (SSSR count). The number of carbonyl (C=O) groups excluding carboxylic acids is 2. The molecule has 0 bridgehead atoms. The number of likely N-dealkylation sites (N-methyl/N-ethyl adjacent to an activating group) is 1. The van der Waals surface area contributed by atoms with Gasteiger partial charge in [0.25, 0.3) is 0 Å². The molecule has 0 aliphatic heterocycles. The highest BCUT2D eigenvalue weighted by Crippen LogP contribution is 2.30. The van der Waals surface area contributed by atoms with Crippen molar-refractivity contribution in [1.29, 1.82) is 0 Å². The molecule has 1 aliphatic rings. The molecule has 1 aliphatic carbocycles. The zero-order valence-corrected chi connectivity index (χ0v) is 17.3. The van der Waals surface area contributed by atoms with Gasteiger partial charge in [0, 0.05) is 13.0 Å². The first-order chi connectivity index (χ1) is 12.6. The molecular weight excluding hydrogens is 326 g/mol. The Bertz CT molecular complexity index is 380. The molecule has 0 heterocycles. The lowest BCUT2D eigenvalue weighted by Gasteiger charge is -2.15. The predicted molar refractivity (Wildman–Crippen MR) is 107 cm³/mol. The summed E-state index contributed by atoms with van der Waals surface area (Å²) in [6, 6.07) is 0. The predicted octanol–water partition coefficient (Wildman–Crippen LogP) is 5.49. The minimum absolute atomic E-state index is 0.0860. The van der Waals surface area contributed by atoms with E-state index in [4.69, 9.17) is 4.74 Å². The fraction of sp³-hybridized carbons (Fsp3) is 0.909. The summed E-state index contributed by atoms with van der Waals surface area (Å²) in [6.45, 7) is 2.84. The molecule has 1 amide bonds. The molecular formula is C22H41NO3. The molecule has 0 aromatic rings. The quantitative estimate of drug-likeness (QED) is 0.252. The lowest BCUT2D eigenvalue weighted by Crippen LogP contribution is -2.34. The summed E-state index contributed by atoms with van der Waals surface area (Å²) < 4.78 is 5.23. The van der Waals surface area contributed by atoms with E-state index in [1.807, 2.05) is 0 Å². The smallest absolute Gasteiger partial charge is 0.325 e. The van der Waals surface area contributed by atoms with E-state index >= 15 is 0 Å². The van der Waals surface area contributed by atoms with Gasteiger partial charge in [0.1, 0.15) is 6.54 Å². The van der Waals surface area contributed by atoms with Gasteiger partial charge in [-0.2, -0.15) is 0 Å². The van der Waals surface area contributed by atoms with Gasteiger partial charge in [0.15, 0.2) is 0 Å². The Labute approximate surface area is 161 Å². The van der Waals surface area contributed by atoms with E-state index in [1.165, 1.54) is 75.5 Å². The van der Waals surface area contributed by atoms with E-state index < -0.39 is 0 Å². The van der Waals surface area contributed by atoms with E-state index in [0.717, 1.165) is 25.7 Å². The van der Waals surface area contributed by atoms with Crippen LogP contribution in [0.4, 0.5) is 0 Å². The maximum Gasteiger partial charge on any atom is 0.325 e. The molecule has 0 aromatic carbocycles. The van der Waals surface area contributed by atoms with Crippen molar-refractivity contribution in [2.75, 3.05) is 20.2 Å². The zero-order chi connectivity index (χ0) is 19.0. The number of amides is 1. The number of carbonyl (C=O) groups is 2. The third-order valence-electron chi connectivity index (χ3n) is 5.18. The average molecular weight is 368 g/mol. The number of nitrogens with zero attached hydrogens (tertiary/aromatic N) is 1. The van der Waals surface area contributed by atoms with Crippen LogP contribution >= 0.6 is 0 Å². The molecule has 0 aromatic heterocycles. The monoisotopic (exact) mass is 367 g/mol. The van der Waals surface area contributed by atoms with Gasteiger partial charge < -0.3 is 9.64 Å². The van der Waals surface area contributed by atoms with Crippen molar-refractivity contribution in [2.24, 2.45) is 5.92 Å². The van der Waals surface area contributed by atoms with Gasteiger partial charge in [-0.1, -0.05) is 84.0 Å². The van der Waals surface area contributed by atoms with Crippen molar-refractivity contribution in [1.82, 2.24) is 4.90 Å². The van der Waals surface area contributed by atoms with Crippen LogP contribution in [0.5, 0.6) is 0 Å². The molecule has 152 valence electrons. The highest BCUT2D eigenvalue weighted by molar-refractivity contribution is 5.84. The lowest BCUT2D eigenvalue weighted by atomic mass is 10.0. The number of hydrogen-bond donors (Lipinski definition) is 0. The van der Waals surface area contributed by atoms with Crippen molar-refractivity contribution in [2.45, 2.75) is 103 Å². The molecule has 0 N–H and O–H groups in total. The Balaban J connectivity index is 1.78. The topological polar surface area (TPSA) is 46.6 Å². The summed E-state index contributed by atoms with van der Waals surface area (Å²) in [7, 11) is 1.69. The highest BCUT2D eigenvalue weighted by atomic mass is 16.5. The minimum Gasteiger partial charge on any atom is -0.464 e. The molecule has 0 radical (unpaired) electrons. The van der Waals surface area contributed by atoms with Crippen LogP contribution < -0.4 is 0 Å². The van der Waals surface area contributed by atoms with Crippen LogP contribution in [-0.4, -0.2) is 37.0 Å². The Morgan fingerprint density at radius 1 is 0.808 bits per heavy atom. The van der Waals surface area contributed by atoms with Crippen molar-refractivity contribution in [3.63, 3.8) is 0 Å². The largest absolute Gasteiger partial charge is 0.464 e. The van der Waals surface area contributed by atoms with Crippen LogP contribution in [0.15, 0.2) is 0 Å². The lowest BCUT2D eigenvalue weighted by molar-refractivity contribution is -0.149. The maximum absolute atomic E-state index is 11.8. The number of unbranched alkanes of at least 4 members (excludes halogenated alkanes) is 12. The first-order valence-corrected chi connectivity index (χ1v) is 11.1. The summed E-state index contributed by atoms with van der Waals surface area (Å²) in [5.74, 6) is -0.0304. The third-order valence-corrected chi connectivity index (χ3v) is 5.18. The molecule has 1 fully saturated rings. The number of ether oxygens (including phenoxy) is 1. The summed E-state index contributed by atoms with van der Waals surface area (Å²) >= 11 is 0. The van der Waals surface area contributed by atoms with Gasteiger partial charge in [-0.3, -0.25) is 9.59 Å². The van der Waals surface area contributed by atoms with Crippen molar-refractivity contribution in [3.8, 4) is 0 Å². The standard InChI is InChI=1S/C22H41NO3/c1-3-4-5-6-7-8-9-10-11-12-13-14-15-18-26-21(24)19-23(2)22(25)20-16-17-20/h20H,3-19H2,1-2H3. The highest BCUT2D eigenvalue weighted by Gasteiger charge is 2.32. The van der Waals surface area contributed by atoms with E-state index in [-0.39, 0.29) is 24.3 Å². The molecule has 0 saturated heterocycles. The van der Waals surface area contributed by atoms with Crippen molar-refractivity contribution in [3.05, 3.63) is 0 Å². The number of hydrogen-bond acceptors (Lipinski definition) is 3. The first-order valence-electron chi connectivity index (χ1n) is 11.1. The van der Waals surface area contributed by atoms with Crippen LogP contribution in [0.1, 0.15) is 103 Å². The summed E-state index contributed by atoms with van der Waals surface area (Å²) in [4.78, 5) is 25.0. The molecule has 0 atom stereocenters.